The molecule has 178 valence electrons. The molecule has 6 nitrogen and oxygen atoms in total. The van der Waals surface area contributed by atoms with Gasteiger partial charge in [-0.3, -0.25) is 0 Å². The summed E-state index contributed by atoms with van der Waals surface area (Å²) in [6.07, 6.45) is 0. The zero-order valence-electron chi connectivity index (χ0n) is 19.5. The third kappa shape index (κ3) is 5.21. The molecule has 32 heavy (non-hydrogen) atoms. The molecule has 2 rings (SSSR count). The van der Waals surface area contributed by atoms with Gasteiger partial charge >= 0.3 is 204 Å². The molecular weight excluding hydrogens is 582 g/mol. The summed E-state index contributed by atoms with van der Waals surface area (Å²) < 4.78 is 63.4. The number of sulfone groups is 2. The van der Waals surface area contributed by atoms with Crippen LogP contribution in [0.2, 0.25) is 0 Å². The van der Waals surface area contributed by atoms with Crippen LogP contribution in [0.3, 0.4) is 0 Å². The van der Waals surface area contributed by atoms with E-state index in [4.69, 9.17) is 9.47 Å². The molecule has 0 fully saturated rings. The SMILES string of the molecule is COc1cccc(S(=O)(=O)C(C)(C)C)c1[Se][Se]c1c(OC)cccc1S(=O)(=O)C(C)(C)C. The van der Waals surface area contributed by atoms with Crippen LogP contribution in [0.15, 0.2) is 46.2 Å². The maximum absolute atomic E-state index is 13.3. The topological polar surface area (TPSA) is 86.7 Å². The van der Waals surface area contributed by atoms with Crippen molar-refractivity contribution in [2.75, 3.05) is 14.2 Å². The van der Waals surface area contributed by atoms with E-state index in [-0.39, 0.29) is 36.1 Å². The Morgan fingerprint density at radius 1 is 0.625 bits per heavy atom. The number of ether oxygens (including phenoxy) is 2. The number of methoxy groups -OCH3 is 2. The van der Waals surface area contributed by atoms with E-state index in [1.807, 2.05) is 0 Å². The Morgan fingerprint density at radius 3 is 1.19 bits per heavy atom. The van der Waals surface area contributed by atoms with Crippen LogP contribution in [0.4, 0.5) is 0 Å². The van der Waals surface area contributed by atoms with Crippen LogP contribution in [-0.2, 0) is 19.7 Å². The monoisotopic (exact) mass is 614 g/mol. The van der Waals surface area contributed by atoms with Crippen molar-refractivity contribution in [2.45, 2.75) is 60.8 Å². The van der Waals surface area contributed by atoms with Crippen molar-refractivity contribution < 1.29 is 26.3 Å². The summed E-state index contributed by atoms with van der Waals surface area (Å²) >= 11 is -0.770. The minimum absolute atomic E-state index is 0.237. The second-order valence-corrected chi connectivity index (χ2v) is 20.4. The fourth-order valence-corrected chi connectivity index (χ4v) is 15.7. The molecule has 0 atom stereocenters. The van der Waals surface area contributed by atoms with Crippen molar-refractivity contribution >= 4 is 54.9 Å². The Kier molecular flexibility index (Phi) is 8.24. The van der Waals surface area contributed by atoms with Gasteiger partial charge in [-0.05, 0) is 0 Å². The molecule has 0 heterocycles. The van der Waals surface area contributed by atoms with Crippen molar-refractivity contribution in [1.82, 2.24) is 0 Å². The standard InChI is InChI=1S/C22H30O6S2Se2/c1-21(2,3)29(23,24)17-13-9-11-15(27-7)19(17)31-32-20-16(28-8)12-10-14-18(20)30(25,26)22(4,5)6/h9-14H,1-8H3. The first kappa shape index (κ1) is 27.2. The van der Waals surface area contributed by atoms with E-state index < -0.39 is 29.2 Å². The Bertz CT molecular complexity index is 1100. The first-order chi connectivity index (χ1) is 14.6. The van der Waals surface area contributed by atoms with Crippen LogP contribution < -0.4 is 18.4 Å². The van der Waals surface area contributed by atoms with Crippen molar-refractivity contribution in [3.8, 4) is 11.5 Å². The van der Waals surface area contributed by atoms with Gasteiger partial charge in [0.15, 0.2) is 0 Å². The van der Waals surface area contributed by atoms with E-state index >= 15 is 0 Å². The van der Waals surface area contributed by atoms with Gasteiger partial charge in [0, 0.05) is 0 Å². The molecule has 0 saturated carbocycles. The van der Waals surface area contributed by atoms with Crippen molar-refractivity contribution in [3.63, 3.8) is 0 Å². The minimum atomic E-state index is -3.63. The molecule has 0 radical (unpaired) electrons. The summed E-state index contributed by atoms with van der Waals surface area (Å²) in [5, 5.41) is 0. The number of hydrogen-bond acceptors (Lipinski definition) is 6. The molecule has 0 spiro atoms. The van der Waals surface area contributed by atoms with Gasteiger partial charge in [-0.15, -0.1) is 0 Å². The summed E-state index contributed by atoms with van der Waals surface area (Å²) in [5.74, 6) is 0.986. The average Bonchev–Trinajstić information content (AvgIpc) is 2.69. The van der Waals surface area contributed by atoms with Gasteiger partial charge < -0.3 is 0 Å². The second-order valence-electron chi connectivity index (χ2n) is 8.97. The van der Waals surface area contributed by atoms with Gasteiger partial charge in [-0.1, -0.05) is 0 Å². The van der Waals surface area contributed by atoms with Gasteiger partial charge in [0.1, 0.15) is 0 Å². The quantitative estimate of drug-likeness (QED) is 0.446. The summed E-state index contributed by atoms with van der Waals surface area (Å²) in [5.41, 5.74) is 0. The van der Waals surface area contributed by atoms with Crippen LogP contribution in [-0.4, -0.2) is 66.8 Å². The van der Waals surface area contributed by atoms with Crippen LogP contribution in [0.5, 0.6) is 11.5 Å². The van der Waals surface area contributed by atoms with E-state index in [0.29, 0.717) is 20.4 Å². The molecular formula is C22H30O6S2Se2. The third-order valence-corrected chi connectivity index (χ3v) is 17.6. The Hall–Kier alpha value is -1.02. The first-order valence-electron chi connectivity index (χ1n) is 9.77. The zero-order valence-corrected chi connectivity index (χ0v) is 24.6. The summed E-state index contributed by atoms with van der Waals surface area (Å²) in [6, 6.07) is 10.0. The molecule has 2 aromatic rings. The molecule has 0 aliphatic rings. The van der Waals surface area contributed by atoms with E-state index in [9.17, 15) is 16.8 Å². The third-order valence-electron chi connectivity index (χ3n) is 4.73. The van der Waals surface area contributed by atoms with Crippen LogP contribution in [0, 0.1) is 0 Å². The Labute approximate surface area is 203 Å². The number of hydrogen-bond donors (Lipinski definition) is 0. The van der Waals surface area contributed by atoms with Crippen LogP contribution in [0.1, 0.15) is 41.5 Å². The molecule has 0 saturated heterocycles. The molecule has 0 bridgehead atoms. The molecule has 0 aliphatic carbocycles. The molecule has 10 heteroatoms. The van der Waals surface area contributed by atoms with Crippen LogP contribution >= 0.6 is 0 Å². The van der Waals surface area contributed by atoms with Crippen molar-refractivity contribution in [2.24, 2.45) is 0 Å². The van der Waals surface area contributed by atoms with Gasteiger partial charge in [-0.25, -0.2) is 0 Å². The summed E-state index contributed by atoms with van der Waals surface area (Å²) in [7, 11) is -4.23. The van der Waals surface area contributed by atoms with Crippen molar-refractivity contribution in [3.05, 3.63) is 36.4 Å². The predicted molar refractivity (Wildman–Crippen MR) is 131 cm³/mol. The fourth-order valence-electron chi connectivity index (χ4n) is 2.64. The Morgan fingerprint density at radius 2 is 0.938 bits per heavy atom. The maximum atomic E-state index is 13.3. The molecule has 2 aromatic carbocycles. The average molecular weight is 613 g/mol. The van der Waals surface area contributed by atoms with E-state index in [2.05, 4.69) is 0 Å². The van der Waals surface area contributed by atoms with Gasteiger partial charge in [0.2, 0.25) is 0 Å². The fraction of sp³-hybridized carbons (Fsp3) is 0.455. The molecule has 0 aliphatic heterocycles. The van der Waals surface area contributed by atoms with E-state index in [1.165, 1.54) is 14.2 Å². The second kappa shape index (κ2) is 9.69. The number of benzene rings is 2. The van der Waals surface area contributed by atoms with E-state index in [0.717, 1.165) is 0 Å². The first-order valence-corrected chi connectivity index (χ1v) is 18.8. The number of rotatable bonds is 7. The predicted octanol–water partition coefficient (Wildman–Crippen LogP) is 2.12. The summed E-state index contributed by atoms with van der Waals surface area (Å²) in [6.45, 7) is 9.99. The van der Waals surface area contributed by atoms with Gasteiger partial charge in [0.05, 0.1) is 0 Å². The Balaban J connectivity index is 2.67. The van der Waals surface area contributed by atoms with Crippen molar-refractivity contribution in [1.29, 1.82) is 0 Å². The van der Waals surface area contributed by atoms with Gasteiger partial charge in [0.25, 0.3) is 0 Å². The summed E-state index contributed by atoms with van der Waals surface area (Å²) in [4.78, 5) is 0.475. The van der Waals surface area contributed by atoms with Crippen LogP contribution in [0.25, 0.3) is 0 Å². The van der Waals surface area contributed by atoms with E-state index in [1.54, 1.807) is 77.9 Å². The zero-order chi connectivity index (χ0) is 24.5. The molecule has 0 unspecified atom stereocenters. The van der Waals surface area contributed by atoms with Gasteiger partial charge in [-0.2, -0.15) is 0 Å². The molecule has 0 N–H and O–H groups in total. The normalized spacial score (nSPS) is 13.1. The molecule has 0 amide bonds. The molecule has 0 aromatic heterocycles.